The van der Waals surface area contributed by atoms with Crippen molar-refractivity contribution in [1.82, 2.24) is 20.9 Å². The summed E-state index contributed by atoms with van der Waals surface area (Å²) in [7, 11) is 0. The first-order chi connectivity index (χ1) is 11.5. The molecule has 0 aliphatic heterocycles. The number of aromatic nitrogens is 1. The van der Waals surface area contributed by atoms with Crippen LogP contribution in [0.15, 0.2) is 15.6 Å². The van der Waals surface area contributed by atoms with Gasteiger partial charge in [0.2, 0.25) is 11.8 Å². The maximum atomic E-state index is 11.8. The molecule has 1 amide bonds. The van der Waals surface area contributed by atoms with Crippen LogP contribution in [-0.4, -0.2) is 36.5 Å². The predicted octanol–water partition coefficient (Wildman–Crippen LogP) is 2.19. The van der Waals surface area contributed by atoms with Crippen molar-refractivity contribution in [2.24, 2.45) is 10.4 Å². The Labute approximate surface area is 151 Å². The minimum atomic E-state index is -0.381. The molecule has 0 aromatic carbocycles. The van der Waals surface area contributed by atoms with Crippen LogP contribution in [0.4, 0.5) is 0 Å². The Balaban J connectivity index is 2.51. The van der Waals surface area contributed by atoms with Crippen molar-refractivity contribution in [3.05, 3.63) is 17.8 Å². The number of carbonyl (C=O) groups excluding carboxylic acids is 1. The summed E-state index contributed by atoms with van der Waals surface area (Å²) in [5.41, 5.74) is -0.447. The van der Waals surface area contributed by atoms with E-state index in [1.54, 1.807) is 6.20 Å². The van der Waals surface area contributed by atoms with Crippen LogP contribution in [0.5, 0.6) is 0 Å². The standard InChI is InChI=1S/C18H33N5O2/c1-8-19-16(21-10-9-20-15(24)18(5,6)7)23-12-14-22-11-13(25-14)17(2,3)4/h11H,8-10,12H2,1-7H3,(H,20,24)(H2,19,21,23). The monoisotopic (exact) mass is 351 g/mol. The molecule has 0 saturated heterocycles. The molecule has 142 valence electrons. The minimum Gasteiger partial charge on any atom is -0.443 e. The fraction of sp³-hybridized carbons (Fsp3) is 0.722. The predicted molar refractivity (Wildman–Crippen MR) is 100 cm³/mol. The number of carbonyl (C=O) groups is 1. The van der Waals surface area contributed by atoms with Gasteiger partial charge in [0.05, 0.1) is 6.20 Å². The maximum absolute atomic E-state index is 11.8. The highest BCUT2D eigenvalue weighted by atomic mass is 16.4. The number of nitrogens with one attached hydrogen (secondary N) is 3. The summed E-state index contributed by atoms with van der Waals surface area (Å²) in [4.78, 5) is 20.6. The fourth-order valence-corrected chi connectivity index (χ4v) is 1.84. The molecule has 1 aromatic heterocycles. The first-order valence-electron chi connectivity index (χ1n) is 8.79. The number of amides is 1. The van der Waals surface area contributed by atoms with Crippen molar-refractivity contribution in [2.75, 3.05) is 19.6 Å². The van der Waals surface area contributed by atoms with Gasteiger partial charge in [-0.25, -0.2) is 9.98 Å². The molecule has 0 spiro atoms. The van der Waals surface area contributed by atoms with Gasteiger partial charge in [-0.3, -0.25) is 4.79 Å². The van der Waals surface area contributed by atoms with Gasteiger partial charge in [-0.15, -0.1) is 0 Å². The molecular formula is C18H33N5O2. The van der Waals surface area contributed by atoms with Crippen molar-refractivity contribution < 1.29 is 9.21 Å². The molecule has 0 unspecified atom stereocenters. The highest BCUT2D eigenvalue weighted by Crippen LogP contribution is 2.22. The molecule has 0 bridgehead atoms. The molecule has 0 radical (unpaired) electrons. The zero-order valence-corrected chi connectivity index (χ0v) is 16.6. The third-order valence-corrected chi connectivity index (χ3v) is 3.39. The topological polar surface area (TPSA) is 91.6 Å². The molecule has 7 heteroatoms. The average molecular weight is 351 g/mol. The molecule has 0 saturated carbocycles. The molecular weight excluding hydrogens is 318 g/mol. The number of hydrogen-bond donors (Lipinski definition) is 3. The Morgan fingerprint density at radius 2 is 1.76 bits per heavy atom. The number of guanidine groups is 1. The number of rotatable bonds is 6. The van der Waals surface area contributed by atoms with Crippen LogP contribution in [0.1, 0.15) is 60.1 Å². The van der Waals surface area contributed by atoms with E-state index in [9.17, 15) is 4.79 Å². The van der Waals surface area contributed by atoms with Crippen LogP contribution in [0.2, 0.25) is 0 Å². The lowest BCUT2D eigenvalue weighted by Crippen LogP contribution is -2.43. The summed E-state index contributed by atoms with van der Waals surface area (Å²) in [6.07, 6.45) is 1.76. The van der Waals surface area contributed by atoms with E-state index >= 15 is 0 Å². The second-order valence-corrected chi connectivity index (χ2v) is 8.00. The van der Waals surface area contributed by atoms with Crippen LogP contribution >= 0.6 is 0 Å². The Morgan fingerprint density at radius 1 is 1.12 bits per heavy atom. The molecule has 25 heavy (non-hydrogen) atoms. The van der Waals surface area contributed by atoms with Gasteiger partial charge in [0.1, 0.15) is 12.3 Å². The quantitative estimate of drug-likeness (QED) is 0.415. The number of aliphatic imine (C=N–C) groups is 1. The zero-order chi connectivity index (χ0) is 19.1. The summed E-state index contributed by atoms with van der Waals surface area (Å²) < 4.78 is 5.74. The van der Waals surface area contributed by atoms with Gasteiger partial charge >= 0.3 is 0 Å². The third kappa shape index (κ3) is 7.58. The Hall–Kier alpha value is -2.05. The van der Waals surface area contributed by atoms with E-state index in [0.29, 0.717) is 31.5 Å². The first-order valence-corrected chi connectivity index (χ1v) is 8.79. The second kappa shape index (κ2) is 8.87. The molecule has 0 atom stereocenters. The second-order valence-electron chi connectivity index (χ2n) is 8.00. The maximum Gasteiger partial charge on any atom is 0.225 e. The number of nitrogens with zero attached hydrogens (tertiary/aromatic N) is 2. The highest BCUT2D eigenvalue weighted by molar-refractivity contribution is 5.81. The number of oxazole rings is 1. The van der Waals surface area contributed by atoms with Crippen molar-refractivity contribution in [2.45, 2.75) is 60.4 Å². The average Bonchev–Trinajstić information content (AvgIpc) is 2.96. The van der Waals surface area contributed by atoms with Crippen molar-refractivity contribution in [1.29, 1.82) is 0 Å². The Morgan fingerprint density at radius 3 is 2.28 bits per heavy atom. The molecule has 1 heterocycles. The summed E-state index contributed by atoms with van der Waals surface area (Å²) in [5.74, 6) is 2.14. The smallest absolute Gasteiger partial charge is 0.225 e. The molecule has 3 N–H and O–H groups in total. The van der Waals surface area contributed by atoms with E-state index in [4.69, 9.17) is 4.42 Å². The van der Waals surface area contributed by atoms with E-state index in [0.717, 1.165) is 12.3 Å². The van der Waals surface area contributed by atoms with Gasteiger partial charge in [-0.1, -0.05) is 41.5 Å². The van der Waals surface area contributed by atoms with Gasteiger partial charge in [-0.2, -0.15) is 0 Å². The summed E-state index contributed by atoms with van der Waals surface area (Å²) >= 11 is 0. The van der Waals surface area contributed by atoms with E-state index in [1.807, 2.05) is 27.7 Å². The minimum absolute atomic E-state index is 0.0331. The molecule has 1 rings (SSSR count). The normalized spacial score (nSPS) is 12.8. The number of hydrogen-bond acceptors (Lipinski definition) is 4. The summed E-state index contributed by atoms with van der Waals surface area (Å²) in [6.45, 7) is 16.2. The van der Waals surface area contributed by atoms with E-state index in [1.165, 1.54) is 0 Å². The van der Waals surface area contributed by atoms with Crippen molar-refractivity contribution in [3.8, 4) is 0 Å². The van der Waals surface area contributed by atoms with Crippen LogP contribution in [0.25, 0.3) is 0 Å². The fourth-order valence-electron chi connectivity index (χ4n) is 1.84. The first kappa shape index (κ1) is 21.0. The molecule has 0 aliphatic rings. The molecule has 7 nitrogen and oxygen atoms in total. The van der Waals surface area contributed by atoms with E-state index in [2.05, 4.69) is 46.7 Å². The van der Waals surface area contributed by atoms with Crippen LogP contribution < -0.4 is 16.0 Å². The van der Waals surface area contributed by atoms with Gasteiger partial charge < -0.3 is 20.4 Å². The summed E-state index contributed by atoms with van der Waals surface area (Å²) in [5, 5.41) is 9.25. The molecule has 0 fully saturated rings. The lowest BCUT2D eigenvalue weighted by Gasteiger charge is -2.18. The van der Waals surface area contributed by atoms with Gasteiger partial charge in [-0.05, 0) is 6.92 Å². The van der Waals surface area contributed by atoms with Crippen LogP contribution in [-0.2, 0) is 16.8 Å². The van der Waals surface area contributed by atoms with Gasteiger partial charge in [0.15, 0.2) is 5.96 Å². The summed E-state index contributed by atoms with van der Waals surface area (Å²) in [6, 6.07) is 0. The van der Waals surface area contributed by atoms with Crippen LogP contribution in [0, 0.1) is 5.41 Å². The van der Waals surface area contributed by atoms with Gasteiger partial charge in [0.25, 0.3) is 0 Å². The highest BCUT2D eigenvalue weighted by Gasteiger charge is 2.20. The Kier molecular flexibility index (Phi) is 7.45. The van der Waals surface area contributed by atoms with E-state index in [-0.39, 0.29) is 16.7 Å². The Bertz CT molecular complexity index is 579. The van der Waals surface area contributed by atoms with Crippen molar-refractivity contribution >= 4 is 11.9 Å². The SMILES string of the molecule is CCNC(=NCc1ncc(C(C)(C)C)o1)NCCNC(=O)C(C)(C)C. The lowest BCUT2D eigenvalue weighted by atomic mass is 9.94. The van der Waals surface area contributed by atoms with Crippen LogP contribution in [0.3, 0.4) is 0 Å². The van der Waals surface area contributed by atoms with E-state index < -0.39 is 0 Å². The van der Waals surface area contributed by atoms with Gasteiger partial charge in [0, 0.05) is 30.5 Å². The lowest BCUT2D eigenvalue weighted by molar-refractivity contribution is -0.128. The molecule has 1 aromatic rings. The van der Waals surface area contributed by atoms with Crippen molar-refractivity contribution in [3.63, 3.8) is 0 Å². The molecule has 0 aliphatic carbocycles. The largest absolute Gasteiger partial charge is 0.443 e. The zero-order valence-electron chi connectivity index (χ0n) is 16.6. The third-order valence-electron chi connectivity index (χ3n) is 3.39.